The molecule has 0 fully saturated rings. The molecular weight excluding hydrogens is 209 g/mol. The molecular formula is C12H10FNO2. The van der Waals surface area contributed by atoms with E-state index in [1.807, 2.05) is 6.07 Å². The highest BCUT2D eigenvalue weighted by atomic mass is 19.1. The van der Waals surface area contributed by atoms with Crippen LogP contribution in [0.3, 0.4) is 0 Å². The van der Waals surface area contributed by atoms with Crippen molar-refractivity contribution in [2.75, 3.05) is 6.61 Å². The average molecular weight is 219 g/mol. The number of carbonyl (C=O) groups is 1. The van der Waals surface area contributed by atoms with E-state index in [0.717, 1.165) is 6.08 Å². The van der Waals surface area contributed by atoms with Crippen molar-refractivity contribution in [1.82, 2.24) is 0 Å². The van der Waals surface area contributed by atoms with E-state index < -0.39 is 11.8 Å². The van der Waals surface area contributed by atoms with Crippen LogP contribution < -0.4 is 0 Å². The summed E-state index contributed by atoms with van der Waals surface area (Å²) in [6.45, 7) is 1.74. The lowest BCUT2D eigenvalue weighted by atomic mass is 10.1. The summed E-state index contributed by atoms with van der Waals surface area (Å²) >= 11 is 0. The van der Waals surface area contributed by atoms with E-state index in [0.29, 0.717) is 11.1 Å². The van der Waals surface area contributed by atoms with Gasteiger partial charge in [0.05, 0.1) is 18.2 Å². The number of halogens is 1. The Labute approximate surface area is 92.8 Å². The second-order valence-corrected chi connectivity index (χ2v) is 2.95. The van der Waals surface area contributed by atoms with Crippen molar-refractivity contribution in [3.8, 4) is 6.07 Å². The Bertz CT molecular complexity index is 443. The molecule has 82 valence electrons. The van der Waals surface area contributed by atoms with Crippen LogP contribution in [-0.2, 0) is 9.53 Å². The summed E-state index contributed by atoms with van der Waals surface area (Å²) in [5.41, 5.74) is 0.984. The zero-order valence-electron chi connectivity index (χ0n) is 8.74. The van der Waals surface area contributed by atoms with Crippen LogP contribution in [0.2, 0.25) is 0 Å². The Hall–Kier alpha value is -2.15. The Kier molecular flexibility index (Phi) is 4.22. The van der Waals surface area contributed by atoms with E-state index >= 15 is 0 Å². The molecule has 0 aromatic heterocycles. The molecule has 16 heavy (non-hydrogen) atoms. The highest BCUT2D eigenvalue weighted by molar-refractivity contribution is 5.91. The highest BCUT2D eigenvalue weighted by Crippen LogP contribution is 2.10. The lowest BCUT2D eigenvalue weighted by molar-refractivity contribution is -0.140. The molecule has 3 nitrogen and oxygen atoms in total. The largest absolute Gasteiger partial charge is 0.461 e. The van der Waals surface area contributed by atoms with E-state index in [-0.39, 0.29) is 6.61 Å². The second kappa shape index (κ2) is 5.66. The quantitative estimate of drug-likeness (QED) is 0.579. The summed E-state index contributed by atoms with van der Waals surface area (Å²) in [4.78, 5) is 11.0. The Morgan fingerprint density at radius 1 is 1.50 bits per heavy atom. The van der Waals surface area contributed by atoms with Crippen molar-refractivity contribution in [2.24, 2.45) is 0 Å². The predicted octanol–water partition coefficient (Wildman–Crippen LogP) is 2.43. The lowest BCUT2D eigenvalue weighted by Crippen LogP contribution is -2.03. The van der Waals surface area contributed by atoms with Crippen LogP contribution in [0.25, 0.3) is 6.08 Å². The van der Waals surface area contributed by atoms with Gasteiger partial charge in [-0.1, -0.05) is 12.1 Å². The summed E-state index contributed by atoms with van der Waals surface area (Å²) in [6.07, 6.45) is 1.07. The van der Waals surface area contributed by atoms with E-state index in [1.165, 1.54) is 0 Å². The predicted molar refractivity (Wildman–Crippen MR) is 56.9 cm³/mol. The molecule has 0 spiro atoms. The van der Waals surface area contributed by atoms with Gasteiger partial charge >= 0.3 is 5.97 Å². The fourth-order valence-electron chi connectivity index (χ4n) is 1.06. The number of hydrogen-bond donors (Lipinski definition) is 0. The fraction of sp³-hybridized carbons (Fsp3) is 0.167. The molecule has 4 heteroatoms. The molecule has 1 aromatic rings. The van der Waals surface area contributed by atoms with Crippen molar-refractivity contribution >= 4 is 12.0 Å². The standard InChI is InChI=1S/C12H10FNO2/c1-2-16-12(15)11(13)7-9-3-5-10(8-14)6-4-9/h3-7H,2H2,1H3. The van der Waals surface area contributed by atoms with Gasteiger partial charge in [-0.3, -0.25) is 0 Å². The van der Waals surface area contributed by atoms with Gasteiger partial charge in [-0.15, -0.1) is 0 Å². The van der Waals surface area contributed by atoms with Crippen molar-refractivity contribution < 1.29 is 13.9 Å². The molecule has 0 unspecified atom stereocenters. The van der Waals surface area contributed by atoms with Crippen LogP contribution in [-0.4, -0.2) is 12.6 Å². The number of nitriles is 1. The SMILES string of the molecule is CCOC(=O)C(F)=Cc1ccc(C#N)cc1. The number of ether oxygens (including phenoxy) is 1. The van der Waals surface area contributed by atoms with Crippen LogP contribution in [0.5, 0.6) is 0 Å². The van der Waals surface area contributed by atoms with Crippen LogP contribution in [0.15, 0.2) is 30.1 Å². The summed E-state index contributed by atoms with van der Waals surface area (Å²) in [5.74, 6) is -1.93. The summed E-state index contributed by atoms with van der Waals surface area (Å²) in [5, 5.41) is 8.55. The van der Waals surface area contributed by atoms with E-state index in [2.05, 4.69) is 4.74 Å². The third-order valence-corrected chi connectivity index (χ3v) is 1.80. The third kappa shape index (κ3) is 3.21. The molecule has 0 saturated heterocycles. The Morgan fingerprint density at radius 2 is 2.12 bits per heavy atom. The molecule has 0 amide bonds. The molecule has 0 saturated carbocycles. The fourth-order valence-corrected chi connectivity index (χ4v) is 1.06. The molecule has 0 aliphatic carbocycles. The number of rotatable bonds is 3. The number of esters is 1. The van der Waals surface area contributed by atoms with Crippen molar-refractivity contribution in [3.63, 3.8) is 0 Å². The maximum Gasteiger partial charge on any atom is 0.367 e. The van der Waals surface area contributed by atoms with E-state index in [1.54, 1.807) is 31.2 Å². The maximum absolute atomic E-state index is 13.2. The maximum atomic E-state index is 13.2. The molecule has 0 N–H and O–H groups in total. The number of carbonyl (C=O) groups excluding carboxylic acids is 1. The summed E-state index contributed by atoms with van der Waals surface area (Å²) < 4.78 is 17.7. The molecule has 0 radical (unpaired) electrons. The molecule has 0 bridgehead atoms. The summed E-state index contributed by atoms with van der Waals surface area (Å²) in [7, 11) is 0. The molecule has 1 rings (SSSR count). The topological polar surface area (TPSA) is 50.1 Å². The van der Waals surface area contributed by atoms with Gasteiger partial charge in [-0.25, -0.2) is 4.79 Å². The first kappa shape index (κ1) is 11.9. The zero-order chi connectivity index (χ0) is 12.0. The van der Waals surface area contributed by atoms with Gasteiger partial charge in [0.15, 0.2) is 0 Å². The highest BCUT2D eigenvalue weighted by Gasteiger charge is 2.08. The van der Waals surface area contributed by atoms with Crippen LogP contribution in [0, 0.1) is 11.3 Å². The van der Waals surface area contributed by atoms with Crippen LogP contribution in [0.1, 0.15) is 18.1 Å². The molecule has 0 heterocycles. The monoisotopic (exact) mass is 219 g/mol. The minimum Gasteiger partial charge on any atom is -0.461 e. The first-order chi connectivity index (χ1) is 7.67. The smallest absolute Gasteiger partial charge is 0.367 e. The van der Waals surface area contributed by atoms with Crippen molar-refractivity contribution in [2.45, 2.75) is 6.92 Å². The minimum absolute atomic E-state index is 0.132. The van der Waals surface area contributed by atoms with Gasteiger partial charge in [0.25, 0.3) is 0 Å². The first-order valence-corrected chi connectivity index (χ1v) is 4.72. The number of nitrogens with zero attached hydrogens (tertiary/aromatic N) is 1. The van der Waals surface area contributed by atoms with Crippen LogP contribution in [0.4, 0.5) is 4.39 Å². The van der Waals surface area contributed by atoms with Gasteiger partial charge in [0.1, 0.15) is 0 Å². The number of benzene rings is 1. The molecule has 1 aromatic carbocycles. The average Bonchev–Trinajstić information content (AvgIpc) is 2.30. The third-order valence-electron chi connectivity index (χ3n) is 1.80. The normalized spacial score (nSPS) is 10.7. The van der Waals surface area contributed by atoms with Gasteiger partial charge < -0.3 is 4.74 Å². The first-order valence-electron chi connectivity index (χ1n) is 4.72. The Morgan fingerprint density at radius 3 is 2.62 bits per heavy atom. The molecule has 0 aliphatic heterocycles. The molecule has 0 atom stereocenters. The van der Waals surface area contributed by atoms with Gasteiger partial charge in [0, 0.05) is 0 Å². The van der Waals surface area contributed by atoms with Gasteiger partial charge in [-0.2, -0.15) is 9.65 Å². The zero-order valence-corrected chi connectivity index (χ0v) is 8.74. The van der Waals surface area contributed by atoms with Gasteiger partial charge in [-0.05, 0) is 30.7 Å². The van der Waals surface area contributed by atoms with Crippen molar-refractivity contribution in [1.29, 1.82) is 5.26 Å². The van der Waals surface area contributed by atoms with Crippen molar-refractivity contribution in [3.05, 3.63) is 41.2 Å². The number of hydrogen-bond acceptors (Lipinski definition) is 3. The van der Waals surface area contributed by atoms with E-state index in [4.69, 9.17) is 5.26 Å². The lowest BCUT2D eigenvalue weighted by Gasteiger charge is -1.98. The van der Waals surface area contributed by atoms with Crippen LogP contribution >= 0.6 is 0 Å². The van der Waals surface area contributed by atoms with Gasteiger partial charge in [0.2, 0.25) is 5.83 Å². The summed E-state index contributed by atoms with van der Waals surface area (Å²) in [6, 6.07) is 8.14. The minimum atomic E-state index is -0.980. The molecule has 0 aliphatic rings. The second-order valence-electron chi connectivity index (χ2n) is 2.95. The van der Waals surface area contributed by atoms with E-state index in [9.17, 15) is 9.18 Å². The Balaban J connectivity index is 2.82.